The Balaban J connectivity index is 1.67. The first-order valence-corrected chi connectivity index (χ1v) is 10.0. The summed E-state index contributed by atoms with van der Waals surface area (Å²) in [4.78, 5) is 24.8. The van der Waals surface area contributed by atoms with Crippen molar-refractivity contribution in [1.29, 1.82) is 0 Å². The van der Waals surface area contributed by atoms with Gasteiger partial charge in [-0.15, -0.1) is 0 Å². The predicted molar refractivity (Wildman–Crippen MR) is 114 cm³/mol. The molecule has 142 valence electrons. The number of carbonyl (C=O) groups excluding carboxylic acids is 2. The fourth-order valence-electron chi connectivity index (χ4n) is 2.45. The average molecular weight is 504 g/mol. The molecular weight excluding hydrogens is 488 g/mol. The fraction of sp³-hybridized carbons (Fsp3) is 0.0909. The molecule has 4 nitrogen and oxygen atoms in total. The van der Waals surface area contributed by atoms with E-state index >= 15 is 0 Å². The molecule has 3 aromatic rings. The van der Waals surface area contributed by atoms with Crippen molar-refractivity contribution < 1.29 is 19.1 Å². The number of esters is 1. The van der Waals surface area contributed by atoms with Gasteiger partial charge < -0.3 is 9.47 Å². The van der Waals surface area contributed by atoms with Crippen LogP contribution in [0.2, 0.25) is 0 Å². The topological polar surface area (TPSA) is 52.6 Å². The summed E-state index contributed by atoms with van der Waals surface area (Å²) in [6, 6.07) is 21.6. The minimum atomic E-state index is -0.616. The van der Waals surface area contributed by atoms with E-state index in [4.69, 9.17) is 9.47 Å². The molecule has 0 saturated heterocycles. The predicted octanol–water partition coefficient (Wildman–Crippen LogP) is 5.83. The van der Waals surface area contributed by atoms with E-state index in [0.29, 0.717) is 22.4 Å². The van der Waals surface area contributed by atoms with Gasteiger partial charge in [-0.05, 0) is 35.9 Å². The molecule has 0 spiro atoms. The highest BCUT2D eigenvalue weighted by molar-refractivity contribution is 9.10. The summed E-state index contributed by atoms with van der Waals surface area (Å²) in [6.45, 7) is -0.0221. The van der Waals surface area contributed by atoms with Crippen LogP contribution >= 0.6 is 31.9 Å². The van der Waals surface area contributed by atoms with Crippen LogP contribution in [-0.2, 0) is 11.3 Å². The third-order valence-electron chi connectivity index (χ3n) is 3.90. The van der Waals surface area contributed by atoms with Gasteiger partial charge in [0.1, 0.15) is 17.9 Å². The van der Waals surface area contributed by atoms with Gasteiger partial charge in [-0.1, -0.05) is 74.3 Å². The van der Waals surface area contributed by atoms with E-state index in [2.05, 4.69) is 31.9 Å². The smallest absolute Gasteiger partial charge is 0.342 e. The summed E-state index contributed by atoms with van der Waals surface area (Å²) < 4.78 is 12.6. The van der Waals surface area contributed by atoms with Crippen LogP contribution in [0.25, 0.3) is 0 Å². The summed E-state index contributed by atoms with van der Waals surface area (Å²) in [5.41, 5.74) is 1.72. The molecule has 0 radical (unpaired) electrons. The Labute approximate surface area is 179 Å². The monoisotopic (exact) mass is 502 g/mol. The maximum atomic E-state index is 12.5. The van der Waals surface area contributed by atoms with Crippen molar-refractivity contribution in [2.45, 2.75) is 6.61 Å². The highest BCUT2D eigenvalue weighted by atomic mass is 79.9. The van der Waals surface area contributed by atoms with Crippen molar-refractivity contribution in [2.75, 3.05) is 6.61 Å². The van der Waals surface area contributed by atoms with Gasteiger partial charge in [-0.3, -0.25) is 4.79 Å². The highest BCUT2D eigenvalue weighted by Gasteiger charge is 2.17. The van der Waals surface area contributed by atoms with Crippen LogP contribution in [0.15, 0.2) is 81.7 Å². The molecule has 0 fully saturated rings. The molecule has 0 atom stereocenters. The lowest BCUT2D eigenvalue weighted by atomic mass is 10.1. The van der Waals surface area contributed by atoms with Gasteiger partial charge >= 0.3 is 5.97 Å². The lowest BCUT2D eigenvalue weighted by molar-refractivity contribution is 0.0470. The molecule has 6 heteroatoms. The molecule has 28 heavy (non-hydrogen) atoms. The second kappa shape index (κ2) is 9.66. The van der Waals surface area contributed by atoms with E-state index in [1.807, 2.05) is 30.3 Å². The van der Waals surface area contributed by atoms with Crippen LogP contribution in [0.4, 0.5) is 0 Å². The molecular formula is C22H16Br2O4. The lowest BCUT2D eigenvalue weighted by Crippen LogP contribution is -2.15. The van der Waals surface area contributed by atoms with Gasteiger partial charge in [0.25, 0.3) is 0 Å². The molecule has 3 rings (SSSR count). The van der Waals surface area contributed by atoms with Crippen LogP contribution in [0.5, 0.6) is 5.75 Å². The second-order valence-corrected chi connectivity index (χ2v) is 7.75. The number of hydrogen-bond acceptors (Lipinski definition) is 4. The Morgan fingerprint density at radius 1 is 0.821 bits per heavy atom. The van der Waals surface area contributed by atoms with Crippen molar-refractivity contribution in [1.82, 2.24) is 0 Å². The minimum Gasteiger partial charge on any atom is -0.488 e. The first-order chi connectivity index (χ1) is 13.5. The highest BCUT2D eigenvalue weighted by Crippen LogP contribution is 2.25. The van der Waals surface area contributed by atoms with Crippen LogP contribution in [0.3, 0.4) is 0 Å². The Morgan fingerprint density at radius 3 is 2.21 bits per heavy atom. The number of rotatable bonds is 7. The number of Topliss-reactive ketones (excluding diaryl/α,β-unsaturated/α-hetero) is 1. The van der Waals surface area contributed by atoms with Gasteiger partial charge in [0.05, 0.1) is 0 Å². The van der Waals surface area contributed by atoms with E-state index in [1.54, 1.807) is 42.5 Å². The van der Waals surface area contributed by atoms with Gasteiger partial charge in [0.2, 0.25) is 0 Å². The lowest BCUT2D eigenvalue weighted by Gasteiger charge is -2.12. The van der Waals surface area contributed by atoms with Crippen LogP contribution in [0, 0.1) is 0 Å². The van der Waals surface area contributed by atoms with Gasteiger partial charge in [0, 0.05) is 14.5 Å². The summed E-state index contributed by atoms with van der Waals surface area (Å²) in [5, 5.41) is 0. The average Bonchev–Trinajstić information content (AvgIpc) is 2.72. The largest absolute Gasteiger partial charge is 0.488 e. The van der Waals surface area contributed by atoms with Crippen LogP contribution < -0.4 is 4.74 Å². The molecule has 0 aliphatic heterocycles. The third-order valence-corrected chi connectivity index (χ3v) is 4.92. The first-order valence-electron chi connectivity index (χ1n) is 8.45. The Hall–Kier alpha value is -2.44. The third kappa shape index (κ3) is 5.53. The van der Waals surface area contributed by atoms with Gasteiger partial charge in [-0.2, -0.15) is 0 Å². The molecule has 0 aliphatic rings. The summed E-state index contributed by atoms with van der Waals surface area (Å²) in [6.07, 6.45) is 0. The molecule has 0 saturated carbocycles. The molecule has 3 aromatic carbocycles. The number of benzene rings is 3. The van der Waals surface area contributed by atoms with E-state index < -0.39 is 5.97 Å². The molecule has 0 N–H and O–H groups in total. The molecule has 0 aromatic heterocycles. The SMILES string of the molecule is O=C(COC(=O)c1cc(Br)ccc1OCc1ccccc1)c1ccc(Br)cc1. The van der Waals surface area contributed by atoms with Crippen LogP contribution in [0.1, 0.15) is 26.3 Å². The molecule has 0 bridgehead atoms. The van der Waals surface area contributed by atoms with Crippen LogP contribution in [-0.4, -0.2) is 18.4 Å². The van der Waals surface area contributed by atoms with E-state index in [1.165, 1.54) is 0 Å². The van der Waals surface area contributed by atoms with E-state index in [0.717, 1.165) is 10.0 Å². The van der Waals surface area contributed by atoms with Crippen molar-refractivity contribution in [3.05, 3.63) is 98.4 Å². The Morgan fingerprint density at radius 2 is 1.50 bits per heavy atom. The Kier molecular flexibility index (Phi) is 7.01. The summed E-state index contributed by atoms with van der Waals surface area (Å²) in [7, 11) is 0. The number of hydrogen-bond donors (Lipinski definition) is 0. The quantitative estimate of drug-likeness (QED) is 0.300. The number of ether oxygens (including phenoxy) is 2. The van der Waals surface area contributed by atoms with Crippen molar-refractivity contribution in [3.63, 3.8) is 0 Å². The number of ketones is 1. The Bertz CT molecular complexity index is 970. The van der Waals surface area contributed by atoms with Gasteiger partial charge in [0.15, 0.2) is 12.4 Å². The minimum absolute atomic E-state index is 0.258. The van der Waals surface area contributed by atoms with E-state index in [9.17, 15) is 9.59 Å². The zero-order valence-electron chi connectivity index (χ0n) is 14.7. The molecule has 0 heterocycles. The maximum absolute atomic E-state index is 12.5. The number of carbonyl (C=O) groups is 2. The zero-order valence-corrected chi connectivity index (χ0v) is 17.9. The fourth-order valence-corrected chi connectivity index (χ4v) is 3.08. The molecule has 0 amide bonds. The summed E-state index contributed by atoms with van der Waals surface area (Å²) in [5.74, 6) is -0.495. The zero-order chi connectivity index (χ0) is 19.9. The standard InChI is InChI=1S/C22H16Br2O4/c23-17-8-6-16(7-9-17)20(25)14-28-22(26)19-12-18(24)10-11-21(19)27-13-15-4-2-1-3-5-15/h1-12H,13-14H2. The maximum Gasteiger partial charge on any atom is 0.342 e. The van der Waals surface area contributed by atoms with Crippen molar-refractivity contribution in [2.24, 2.45) is 0 Å². The molecule has 0 unspecified atom stereocenters. The molecule has 0 aliphatic carbocycles. The normalized spacial score (nSPS) is 10.4. The van der Waals surface area contributed by atoms with Crippen molar-refractivity contribution in [3.8, 4) is 5.75 Å². The van der Waals surface area contributed by atoms with E-state index in [-0.39, 0.29) is 18.0 Å². The van der Waals surface area contributed by atoms with Crippen molar-refractivity contribution >= 4 is 43.6 Å². The number of halogens is 2. The first kappa shape index (κ1) is 20.3. The summed E-state index contributed by atoms with van der Waals surface area (Å²) >= 11 is 6.67. The van der Waals surface area contributed by atoms with Gasteiger partial charge in [-0.25, -0.2) is 4.79 Å². The second-order valence-electron chi connectivity index (χ2n) is 5.92.